The first kappa shape index (κ1) is 23.9. The summed E-state index contributed by atoms with van der Waals surface area (Å²) in [5.74, 6) is 0.270. The smallest absolute Gasteiger partial charge is 0.234 e. The summed E-state index contributed by atoms with van der Waals surface area (Å²) in [4.78, 5) is 28.7. The zero-order valence-electron chi connectivity index (χ0n) is 19.3. The van der Waals surface area contributed by atoms with E-state index in [4.69, 9.17) is 4.74 Å². The Bertz CT molecular complexity index is 873. The molecule has 33 heavy (non-hydrogen) atoms. The minimum atomic E-state index is -0.0522. The van der Waals surface area contributed by atoms with Gasteiger partial charge in [0.2, 0.25) is 11.8 Å². The van der Waals surface area contributed by atoms with Crippen LogP contribution in [0.1, 0.15) is 36.1 Å². The second kappa shape index (κ2) is 11.8. The fourth-order valence-corrected chi connectivity index (χ4v) is 5.62. The monoisotopic (exact) mass is 469 g/mol. The van der Waals surface area contributed by atoms with Crippen molar-refractivity contribution in [2.24, 2.45) is 5.92 Å². The van der Waals surface area contributed by atoms with E-state index in [1.807, 2.05) is 12.1 Å². The number of hydrogen-bond donors (Lipinski definition) is 2. The summed E-state index contributed by atoms with van der Waals surface area (Å²) < 4.78 is 5.59. The Balaban J connectivity index is 1.18. The number of amides is 2. The number of carbonyl (C=O) groups is 2. The molecule has 2 aromatic rings. The van der Waals surface area contributed by atoms with E-state index in [1.54, 1.807) is 11.3 Å². The van der Waals surface area contributed by atoms with Crippen molar-refractivity contribution in [3.63, 3.8) is 0 Å². The third kappa shape index (κ3) is 6.65. The van der Waals surface area contributed by atoms with Crippen LogP contribution in [-0.4, -0.2) is 62.7 Å². The van der Waals surface area contributed by atoms with Crippen LogP contribution in [0.4, 0.5) is 0 Å². The van der Waals surface area contributed by atoms with E-state index in [1.165, 1.54) is 10.4 Å². The van der Waals surface area contributed by atoms with Crippen LogP contribution in [0.25, 0.3) is 0 Å². The van der Waals surface area contributed by atoms with Gasteiger partial charge in [-0.1, -0.05) is 36.4 Å². The number of likely N-dealkylation sites (tertiary alicyclic amines) is 1. The molecule has 2 aliphatic heterocycles. The van der Waals surface area contributed by atoms with E-state index >= 15 is 0 Å². The zero-order chi connectivity index (χ0) is 22.9. The molecule has 3 heterocycles. The first-order valence-corrected chi connectivity index (χ1v) is 12.9. The molecule has 2 N–H and O–H groups in total. The number of carbonyl (C=O) groups excluding carboxylic acids is 2. The van der Waals surface area contributed by atoms with E-state index in [9.17, 15) is 9.59 Å². The first-order chi connectivity index (χ1) is 16.1. The van der Waals surface area contributed by atoms with Gasteiger partial charge in [-0.25, -0.2) is 0 Å². The van der Waals surface area contributed by atoms with Gasteiger partial charge in [0.05, 0.1) is 6.54 Å². The molecule has 2 fully saturated rings. The van der Waals surface area contributed by atoms with Gasteiger partial charge < -0.3 is 15.4 Å². The Kier molecular flexibility index (Phi) is 8.53. The lowest BCUT2D eigenvalue weighted by Gasteiger charge is -2.38. The number of rotatable bonds is 9. The highest BCUT2D eigenvalue weighted by Gasteiger charge is 2.35. The molecule has 0 saturated carbocycles. The number of benzene rings is 1. The molecule has 0 aliphatic carbocycles. The van der Waals surface area contributed by atoms with Crippen LogP contribution in [0.3, 0.4) is 0 Å². The number of nitrogens with zero attached hydrogens (tertiary/aromatic N) is 1. The Morgan fingerprint density at radius 2 is 1.79 bits per heavy atom. The van der Waals surface area contributed by atoms with Gasteiger partial charge >= 0.3 is 0 Å². The van der Waals surface area contributed by atoms with E-state index in [0.29, 0.717) is 19.6 Å². The number of hydrogen-bond acceptors (Lipinski definition) is 5. The quantitative estimate of drug-likeness (QED) is 0.592. The maximum Gasteiger partial charge on any atom is 0.234 e. The number of ether oxygens (including phenoxy) is 1. The van der Waals surface area contributed by atoms with Gasteiger partial charge in [-0.2, -0.15) is 0 Å². The number of thiophene rings is 1. The average molecular weight is 470 g/mol. The van der Waals surface area contributed by atoms with Gasteiger partial charge in [0.1, 0.15) is 0 Å². The van der Waals surface area contributed by atoms with Crippen LogP contribution < -0.4 is 10.6 Å². The Labute approximate surface area is 200 Å². The molecule has 0 bridgehead atoms. The van der Waals surface area contributed by atoms with E-state index < -0.39 is 0 Å². The number of piperidine rings is 1. The summed E-state index contributed by atoms with van der Waals surface area (Å²) in [7, 11) is 0. The highest BCUT2D eigenvalue weighted by molar-refractivity contribution is 7.09. The molecule has 0 atom stereocenters. The molecule has 2 aliphatic rings. The maximum atomic E-state index is 12.7. The van der Waals surface area contributed by atoms with Crippen LogP contribution in [0.15, 0.2) is 47.8 Å². The van der Waals surface area contributed by atoms with Gasteiger partial charge in [-0.05, 0) is 62.2 Å². The summed E-state index contributed by atoms with van der Waals surface area (Å²) >= 11 is 1.73. The first-order valence-electron chi connectivity index (χ1n) is 12.1. The van der Waals surface area contributed by atoms with Crippen molar-refractivity contribution in [2.75, 3.05) is 45.9 Å². The van der Waals surface area contributed by atoms with Crippen LogP contribution in [0, 0.1) is 5.92 Å². The molecule has 4 rings (SSSR count). The van der Waals surface area contributed by atoms with Crippen molar-refractivity contribution >= 4 is 23.2 Å². The molecule has 0 radical (unpaired) electrons. The van der Waals surface area contributed by atoms with Gasteiger partial charge in [-0.15, -0.1) is 11.3 Å². The van der Waals surface area contributed by atoms with Gasteiger partial charge in [0.15, 0.2) is 0 Å². The van der Waals surface area contributed by atoms with Crippen LogP contribution in [-0.2, 0) is 26.2 Å². The molecule has 1 aromatic heterocycles. The van der Waals surface area contributed by atoms with Crippen LogP contribution in [0.5, 0.6) is 0 Å². The highest BCUT2D eigenvalue weighted by Crippen LogP contribution is 2.34. The van der Waals surface area contributed by atoms with E-state index in [2.05, 4.69) is 51.2 Å². The van der Waals surface area contributed by atoms with Crippen LogP contribution in [0.2, 0.25) is 0 Å². The second-order valence-corrected chi connectivity index (χ2v) is 10.2. The Hall–Kier alpha value is -2.22. The summed E-state index contributed by atoms with van der Waals surface area (Å²) in [6, 6.07) is 14.6. The molecular formula is C26H35N3O3S. The van der Waals surface area contributed by atoms with Crippen molar-refractivity contribution < 1.29 is 14.3 Å². The molecular weight excluding hydrogens is 434 g/mol. The van der Waals surface area contributed by atoms with Gasteiger partial charge in [0, 0.05) is 42.5 Å². The molecule has 7 heteroatoms. The Morgan fingerprint density at radius 1 is 1.03 bits per heavy atom. The lowest BCUT2D eigenvalue weighted by molar-refractivity contribution is -0.126. The minimum Gasteiger partial charge on any atom is -0.381 e. The highest BCUT2D eigenvalue weighted by atomic mass is 32.1. The minimum absolute atomic E-state index is 0.0521. The third-order valence-electron chi connectivity index (χ3n) is 7.04. The van der Waals surface area contributed by atoms with Crippen molar-refractivity contribution in [1.82, 2.24) is 15.5 Å². The molecule has 178 valence electrons. The van der Waals surface area contributed by atoms with Crippen molar-refractivity contribution in [3.05, 3.63) is 58.3 Å². The van der Waals surface area contributed by atoms with Crippen LogP contribution >= 0.6 is 11.3 Å². The molecule has 2 saturated heterocycles. The van der Waals surface area contributed by atoms with E-state index in [0.717, 1.165) is 58.4 Å². The topological polar surface area (TPSA) is 70.7 Å². The summed E-state index contributed by atoms with van der Waals surface area (Å²) in [6.07, 6.45) is 4.35. The van der Waals surface area contributed by atoms with Gasteiger partial charge in [-0.3, -0.25) is 14.5 Å². The predicted molar refractivity (Wildman–Crippen MR) is 131 cm³/mol. The van der Waals surface area contributed by atoms with Gasteiger partial charge in [0.25, 0.3) is 0 Å². The van der Waals surface area contributed by atoms with E-state index in [-0.39, 0.29) is 23.1 Å². The average Bonchev–Trinajstić information content (AvgIpc) is 3.38. The molecule has 1 aromatic carbocycles. The fraction of sp³-hybridized carbons (Fsp3) is 0.538. The summed E-state index contributed by atoms with van der Waals surface area (Å²) in [6.45, 7) is 4.76. The lowest BCUT2D eigenvalue weighted by Crippen LogP contribution is -2.48. The Morgan fingerprint density at radius 3 is 2.48 bits per heavy atom. The summed E-state index contributed by atoms with van der Waals surface area (Å²) in [5, 5.41) is 8.35. The molecule has 0 spiro atoms. The zero-order valence-corrected chi connectivity index (χ0v) is 20.1. The summed E-state index contributed by atoms with van der Waals surface area (Å²) in [5.41, 5.74) is 1.23. The lowest BCUT2D eigenvalue weighted by atomic mass is 9.74. The van der Waals surface area contributed by atoms with Crippen molar-refractivity contribution in [1.29, 1.82) is 0 Å². The SMILES string of the molecule is O=C(CN1CCC(C(=O)NCCc2cccs2)CC1)NCC1(c2ccccc2)CCOCC1. The molecule has 2 amide bonds. The second-order valence-electron chi connectivity index (χ2n) is 9.21. The normalized spacial score (nSPS) is 19.2. The third-order valence-corrected chi connectivity index (χ3v) is 7.97. The number of nitrogens with one attached hydrogen (secondary N) is 2. The predicted octanol–water partition coefficient (Wildman–Crippen LogP) is 2.98. The molecule has 0 unspecified atom stereocenters. The fourth-order valence-electron chi connectivity index (χ4n) is 4.91. The molecule has 6 nitrogen and oxygen atoms in total. The van der Waals surface area contributed by atoms with Crippen molar-refractivity contribution in [3.8, 4) is 0 Å². The van der Waals surface area contributed by atoms with Crippen molar-refractivity contribution in [2.45, 2.75) is 37.5 Å². The maximum absolute atomic E-state index is 12.7. The largest absolute Gasteiger partial charge is 0.381 e. The standard InChI is InChI=1S/C26H35N3O3S/c30-24(28-20-26(11-16-32-17-12-26)22-5-2-1-3-6-22)19-29-14-9-21(10-15-29)25(31)27-13-8-23-7-4-18-33-23/h1-7,18,21H,8-17,19-20H2,(H,27,31)(H,28,30).